The van der Waals surface area contributed by atoms with E-state index >= 15 is 0 Å². The molecule has 0 bridgehead atoms. The molecule has 1 rings (SSSR count). The normalized spacial score (nSPS) is 11.9. The molecule has 0 aliphatic heterocycles. The number of benzene rings is 1. The zero-order valence-corrected chi connectivity index (χ0v) is 12.0. The summed E-state index contributed by atoms with van der Waals surface area (Å²) < 4.78 is 16.1. The van der Waals surface area contributed by atoms with E-state index in [1.807, 2.05) is 12.1 Å². The van der Waals surface area contributed by atoms with Crippen LogP contribution in [0.3, 0.4) is 0 Å². The minimum Gasteiger partial charge on any atom is -0.468 e. The standard InChI is InChI=1S/C10H13BrNO4P/c1-14-10(13)7-12-17(15-2)16-9-5-3-8(11)4-6-9/h3-6,12H,7H2,1-2H3. The monoisotopic (exact) mass is 321 g/mol. The Bertz CT molecular complexity index is 360. The Labute approximate surface area is 110 Å². The maximum Gasteiger partial charge on any atom is 0.320 e. The lowest BCUT2D eigenvalue weighted by molar-refractivity contribution is -0.139. The molecule has 94 valence electrons. The third-order valence-corrected chi connectivity index (χ3v) is 3.40. The quantitative estimate of drug-likeness (QED) is 0.644. The molecular formula is C10H13BrNO4P. The fraction of sp³-hybridized carbons (Fsp3) is 0.300. The fourth-order valence-electron chi connectivity index (χ4n) is 0.927. The van der Waals surface area contributed by atoms with Crippen LogP contribution in [0.1, 0.15) is 0 Å². The summed E-state index contributed by atoms with van der Waals surface area (Å²) in [5, 5.41) is 2.82. The van der Waals surface area contributed by atoms with Gasteiger partial charge in [0.25, 0.3) is 0 Å². The number of rotatable bonds is 6. The van der Waals surface area contributed by atoms with Gasteiger partial charge in [0.15, 0.2) is 0 Å². The summed E-state index contributed by atoms with van der Waals surface area (Å²) >= 11 is 3.33. The van der Waals surface area contributed by atoms with E-state index in [1.54, 1.807) is 12.1 Å². The van der Waals surface area contributed by atoms with Crippen LogP contribution in [0.4, 0.5) is 0 Å². The van der Waals surface area contributed by atoms with Gasteiger partial charge in [-0.05, 0) is 24.3 Å². The molecule has 1 unspecified atom stereocenters. The number of ether oxygens (including phenoxy) is 1. The molecule has 1 aromatic rings. The van der Waals surface area contributed by atoms with Crippen molar-refractivity contribution in [3.8, 4) is 5.75 Å². The zero-order chi connectivity index (χ0) is 12.7. The molecule has 7 heteroatoms. The third kappa shape index (κ3) is 5.46. The van der Waals surface area contributed by atoms with Crippen LogP contribution in [0.5, 0.6) is 5.75 Å². The Kier molecular flexibility index (Phi) is 6.44. The van der Waals surface area contributed by atoms with Crippen LogP contribution >= 0.6 is 24.5 Å². The fourth-order valence-corrected chi connectivity index (χ4v) is 2.03. The van der Waals surface area contributed by atoms with E-state index in [0.29, 0.717) is 5.75 Å². The molecule has 5 nitrogen and oxygen atoms in total. The molecule has 1 atom stereocenters. The van der Waals surface area contributed by atoms with Crippen molar-refractivity contribution in [1.29, 1.82) is 0 Å². The molecule has 0 radical (unpaired) electrons. The van der Waals surface area contributed by atoms with Gasteiger partial charge in [0.1, 0.15) is 12.3 Å². The number of halogens is 1. The highest BCUT2D eigenvalue weighted by Crippen LogP contribution is 2.34. The molecule has 0 heterocycles. The summed E-state index contributed by atoms with van der Waals surface area (Å²) in [6.45, 7) is 0.0482. The van der Waals surface area contributed by atoms with Crippen molar-refractivity contribution in [2.45, 2.75) is 0 Å². The van der Waals surface area contributed by atoms with Gasteiger partial charge in [0.2, 0.25) is 0 Å². The van der Waals surface area contributed by atoms with Gasteiger partial charge in [-0.1, -0.05) is 15.9 Å². The van der Waals surface area contributed by atoms with Gasteiger partial charge in [0.05, 0.1) is 7.11 Å². The molecule has 1 aromatic carbocycles. The first kappa shape index (κ1) is 14.4. The summed E-state index contributed by atoms with van der Waals surface area (Å²) in [6.07, 6.45) is 0. The van der Waals surface area contributed by atoms with Crippen molar-refractivity contribution in [1.82, 2.24) is 5.09 Å². The molecule has 0 amide bonds. The van der Waals surface area contributed by atoms with Crippen molar-refractivity contribution in [3.05, 3.63) is 28.7 Å². The van der Waals surface area contributed by atoms with Crippen LogP contribution in [0.25, 0.3) is 0 Å². The van der Waals surface area contributed by atoms with E-state index in [1.165, 1.54) is 14.2 Å². The SMILES string of the molecule is COC(=O)CNP(OC)Oc1ccc(Br)cc1. The second kappa shape index (κ2) is 7.61. The first-order valence-corrected chi connectivity index (χ1v) is 6.71. The molecular weight excluding hydrogens is 309 g/mol. The van der Waals surface area contributed by atoms with Crippen LogP contribution in [-0.4, -0.2) is 26.7 Å². The van der Waals surface area contributed by atoms with Crippen molar-refractivity contribution >= 4 is 30.4 Å². The summed E-state index contributed by atoms with van der Waals surface area (Å²) in [4.78, 5) is 10.9. The van der Waals surface area contributed by atoms with E-state index in [2.05, 4.69) is 25.8 Å². The van der Waals surface area contributed by atoms with Crippen molar-refractivity contribution in [2.24, 2.45) is 0 Å². The molecule has 0 aliphatic rings. The third-order valence-electron chi connectivity index (χ3n) is 1.75. The van der Waals surface area contributed by atoms with Crippen molar-refractivity contribution in [3.63, 3.8) is 0 Å². The first-order chi connectivity index (χ1) is 8.15. The average Bonchev–Trinajstić information content (AvgIpc) is 2.36. The predicted molar refractivity (Wildman–Crippen MR) is 68.7 cm³/mol. The zero-order valence-electron chi connectivity index (χ0n) is 9.47. The Morgan fingerprint density at radius 3 is 2.53 bits per heavy atom. The van der Waals surface area contributed by atoms with Crippen LogP contribution in [0, 0.1) is 0 Å². The van der Waals surface area contributed by atoms with Gasteiger partial charge in [-0.2, -0.15) is 0 Å². The molecule has 1 N–H and O–H groups in total. The Hall–Kier alpha value is -0.680. The number of esters is 1. The highest BCUT2D eigenvalue weighted by molar-refractivity contribution is 9.10. The van der Waals surface area contributed by atoms with Gasteiger partial charge >= 0.3 is 14.5 Å². The number of methoxy groups -OCH3 is 1. The number of hydrogen-bond donors (Lipinski definition) is 1. The second-order valence-corrected chi connectivity index (χ2v) is 5.19. The van der Waals surface area contributed by atoms with Gasteiger partial charge < -0.3 is 13.8 Å². The number of carbonyl (C=O) groups is 1. The second-order valence-electron chi connectivity index (χ2n) is 2.90. The highest BCUT2D eigenvalue weighted by Gasteiger charge is 2.12. The Morgan fingerprint density at radius 2 is 2.00 bits per heavy atom. The molecule has 0 saturated heterocycles. The number of nitrogens with one attached hydrogen (secondary N) is 1. The predicted octanol–water partition coefficient (Wildman–Crippen LogP) is 2.46. The first-order valence-electron chi connectivity index (χ1n) is 4.74. The number of carbonyl (C=O) groups excluding carboxylic acids is 1. The van der Waals surface area contributed by atoms with E-state index in [9.17, 15) is 4.79 Å². The molecule has 0 aliphatic carbocycles. The van der Waals surface area contributed by atoms with E-state index < -0.39 is 8.53 Å². The lowest BCUT2D eigenvalue weighted by Gasteiger charge is -2.15. The Balaban J connectivity index is 2.46. The minimum atomic E-state index is -1.35. The largest absolute Gasteiger partial charge is 0.468 e. The molecule has 0 fully saturated rings. The molecule has 0 aromatic heterocycles. The van der Waals surface area contributed by atoms with Crippen LogP contribution in [0.2, 0.25) is 0 Å². The molecule has 0 saturated carbocycles. The molecule has 17 heavy (non-hydrogen) atoms. The number of hydrogen-bond acceptors (Lipinski definition) is 5. The van der Waals surface area contributed by atoms with Crippen LogP contribution < -0.4 is 9.61 Å². The van der Waals surface area contributed by atoms with Crippen LogP contribution in [-0.2, 0) is 14.1 Å². The van der Waals surface area contributed by atoms with Crippen LogP contribution in [0.15, 0.2) is 28.7 Å². The highest BCUT2D eigenvalue weighted by atomic mass is 79.9. The lowest BCUT2D eigenvalue weighted by Crippen LogP contribution is -2.21. The average molecular weight is 322 g/mol. The minimum absolute atomic E-state index is 0.0482. The van der Waals surface area contributed by atoms with E-state index in [0.717, 1.165) is 4.47 Å². The van der Waals surface area contributed by atoms with Gasteiger partial charge in [-0.15, -0.1) is 0 Å². The Morgan fingerprint density at radius 1 is 1.35 bits per heavy atom. The summed E-state index contributed by atoms with van der Waals surface area (Å²) in [7, 11) is 1.49. The van der Waals surface area contributed by atoms with Gasteiger partial charge in [0, 0.05) is 11.6 Å². The van der Waals surface area contributed by atoms with Gasteiger partial charge in [-0.25, -0.2) is 5.09 Å². The van der Waals surface area contributed by atoms with E-state index in [4.69, 9.17) is 9.05 Å². The maximum absolute atomic E-state index is 10.9. The summed E-state index contributed by atoms with van der Waals surface area (Å²) in [5.41, 5.74) is 0. The van der Waals surface area contributed by atoms with Crippen molar-refractivity contribution in [2.75, 3.05) is 20.8 Å². The lowest BCUT2D eigenvalue weighted by atomic mass is 10.3. The summed E-state index contributed by atoms with van der Waals surface area (Å²) in [6, 6.07) is 7.33. The maximum atomic E-state index is 10.9. The van der Waals surface area contributed by atoms with E-state index in [-0.39, 0.29) is 12.5 Å². The molecule has 0 spiro atoms. The summed E-state index contributed by atoms with van der Waals surface area (Å²) in [5.74, 6) is 0.299. The van der Waals surface area contributed by atoms with Gasteiger partial charge in [-0.3, -0.25) is 4.79 Å². The van der Waals surface area contributed by atoms with Crippen molar-refractivity contribution < 1.29 is 18.6 Å². The topological polar surface area (TPSA) is 56.8 Å². The smallest absolute Gasteiger partial charge is 0.320 e.